The number of hydrogen-bond acceptors (Lipinski definition) is 3. The highest BCUT2D eigenvalue weighted by Crippen LogP contribution is 2.33. The van der Waals surface area contributed by atoms with Crippen LogP contribution in [0.1, 0.15) is 12.5 Å². The van der Waals surface area contributed by atoms with Crippen molar-refractivity contribution in [3.63, 3.8) is 0 Å². The first-order valence-corrected chi connectivity index (χ1v) is 5.11. The summed E-state index contributed by atoms with van der Waals surface area (Å²) in [6.45, 7) is 1.56. The summed E-state index contributed by atoms with van der Waals surface area (Å²) in [6, 6.07) is 3.06. The third-order valence-corrected chi connectivity index (χ3v) is 2.59. The Morgan fingerprint density at radius 3 is 2.69 bits per heavy atom. The van der Waals surface area contributed by atoms with Crippen LogP contribution in [-0.2, 0) is 11.2 Å². The lowest BCUT2D eigenvalue weighted by Crippen LogP contribution is -2.12. The highest BCUT2D eigenvalue weighted by Gasteiger charge is 2.16. The molecule has 1 aromatic rings. The van der Waals surface area contributed by atoms with E-state index in [0.717, 1.165) is 0 Å². The molecule has 1 rings (SSSR count). The van der Waals surface area contributed by atoms with Gasteiger partial charge in [0, 0.05) is 6.07 Å². The third-order valence-electron chi connectivity index (χ3n) is 2.30. The van der Waals surface area contributed by atoms with Gasteiger partial charge in [0.25, 0.3) is 0 Å². The standard InChI is InChI=1S/C11H13ClO4/c1-6(11(14)15)3-7-4-8(16-2)5-9(12)10(7)13/h4-6,13H,3H2,1-2H3,(H,14,15). The molecule has 2 N–H and O–H groups in total. The zero-order valence-electron chi connectivity index (χ0n) is 9.03. The minimum absolute atomic E-state index is 0.0874. The molecule has 5 heteroatoms. The van der Waals surface area contributed by atoms with Crippen LogP contribution in [0.4, 0.5) is 0 Å². The quantitative estimate of drug-likeness (QED) is 0.853. The lowest BCUT2D eigenvalue weighted by Gasteiger charge is -2.11. The maximum atomic E-state index is 10.7. The topological polar surface area (TPSA) is 66.8 Å². The molecule has 1 aromatic carbocycles. The number of ether oxygens (including phenoxy) is 1. The van der Waals surface area contributed by atoms with Gasteiger partial charge < -0.3 is 14.9 Å². The van der Waals surface area contributed by atoms with Crippen molar-refractivity contribution in [2.75, 3.05) is 7.11 Å². The smallest absolute Gasteiger partial charge is 0.306 e. The number of phenols is 1. The maximum absolute atomic E-state index is 10.7. The summed E-state index contributed by atoms with van der Waals surface area (Å²) in [5.41, 5.74) is 0.472. The van der Waals surface area contributed by atoms with Gasteiger partial charge in [-0.15, -0.1) is 0 Å². The van der Waals surface area contributed by atoms with E-state index in [1.165, 1.54) is 13.2 Å². The van der Waals surface area contributed by atoms with E-state index in [-0.39, 0.29) is 17.2 Å². The van der Waals surface area contributed by atoms with Gasteiger partial charge in [-0.2, -0.15) is 0 Å². The molecule has 0 radical (unpaired) electrons. The van der Waals surface area contributed by atoms with E-state index in [9.17, 15) is 9.90 Å². The molecule has 4 nitrogen and oxygen atoms in total. The van der Waals surface area contributed by atoms with Crippen molar-refractivity contribution in [2.45, 2.75) is 13.3 Å². The van der Waals surface area contributed by atoms with Crippen molar-refractivity contribution in [3.05, 3.63) is 22.7 Å². The summed E-state index contributed by atoms with van der Waals surface area (Å²) in [7, 11) is 1.48. The largest absolute Gasteiger partial charge is 0.506 e. The number of methoxy groups -OCH3 is 1. The Labute approximate surface area is 98.4 Å². The number of carboxylic acids is 1. The normalized spacial score (nSPS) is 12.2. The number of aromatic hydroxyl groups is 1. The summed E-state index contributed by atoms with van der Waals surface area (Å²) in [5, 5.41) is 18.6. The molecule has 0 spiro atoms. The second kappa shape index (κ2) is 5.07. The average molecular weight is 245 g/mol. The molecule has 0 aromatic heterocycles. The Morgan fingerprint density at radius 2 is 2.19 bits per heavy atom. The predicted molar refractivity (Wildman–Crippen MR) is 60.2 cm³/mol. The minimum Gasteiger partial charge on any atom is -0.506 e. The van der Waals surface area contributed by atoms with E-state index in [4.69, 9.17) is 21.4 Å². The summed E-state index contributed by atoms with van der Waals surface area (Å²) in [4.78, 5) is 10.7. The molecule has 88 valence electrons. The molecule has 0 aliphatic carbocycles. The van der Waals surface area contributed by atoms with Gasteiger partial charge in [-0.1, -0.05) is 18.5 Å². The lowest BCUT2D eigenvalue weighted by atomic mass is 10.0. The molecule has 0 aliphatic heterocycles. The Balaban J connectivity index is 3.03. The van der Waals surface area contributed by atoms with Crippen molar-refractivity contribution < 1.29 is 19.7 Å². The molecular formula is C11H13ClO4. The second-order valence-electron chi connectivity index (χ2n) is 3.56. The molecule has 0 amide bonds. The highest BCUT2D eigenvalue weighted by atomic mass is 35.5. The van der Waals surface area contributed by atoms with Gasteiger partial charge in [-0.3, -0.25) is 4.79 Å². The van der Waals surface area contributed by atoms with Crippen molar-refractivity contribution in [3.8, 4) is 11.5 Å². The third kappa shape index (κ3) is 2.79. The predicted octanol–water partition coefficient (Wildman–Crippen LogP) is 2.32. The van der Waals surface area contributed by atoms with E-state index >= 15 is 0 Å². The fraction of sp³-hybridized carbons (Fsp3) is 0.364. The number of benzene rings is 1. The molecule has 0 fully saturated rings. The molecule has 0 heterocycles. The number of halogens is 1. The number of phenolic OH excluding ortho intramolecular Hbond substituents is 1. The average Bonchev–Trinajstić information content (AvgIpc) is 2.24. The zero-order valence-corrected chi connectivity index (χ0v) is 9.78. The van der Waals surface area contributed by atoms with E-state index < -0.39 is 11.9 Å². The number of carbonyl (C=O) groups is 1. The van der Waals surface area contributed by atoms with Crippen LogP contribution in [0.5, 0.6) is 11.5 Å². The number of carboxylic acid groups (broad SMARTS) is 1. The van der Waals surface area contributed by atoms with Crippen LogP contribution in [0, 0.1) is 5.92 Å². The Bertz CT molecular complexity index is 403. The van der Waals surface area contributed by atoms with Gasteiger partial charge in [-0.05, 0) is 18.1 Å². The molecule has 0 aliphatic rings. The van der Waals surface area contributed by atoms with Crippen LogP contribution >= 0.6 is 11.6 Å². The number of hydrogen-bond donors (Lipinski definition) is 2. The zero-order chi connectivity index (χ0) is 12.3. The molecular weight excluding hydrogens is 232 g/mol. The molecule has 0 saturated heterocycles. The maximum Gasteiger partial charge on any atom is 0.306 e. The molecule has 0 bridgehead atoms. The van der Waals surface area contributed by atoms with Crippen LogP contribution < -0.4 is 4.74 Å². The second-order valence-corrected chi connectivity index (χ2v) is 3.97. The lowest BCUT2D eigenvalue weighted by molar-refractivity contribution is -0.141. The van der Waals surface area contributed by atoms with E-state index in [0.29, 0.717) is 11.3 Å². The van der Waals surface area contributed by atoms with Crippen molar-refractivity contribution in [1.82, 2.24) is 0 Å². The van der Waals surface area contributed by atoms with Gasteiger partial charge in [0.2, 0.25) is 0 Å². The van der Waals surface area contributed by atoms with Crippen LogP contribution in [0.25, 0.3) is 0 Å². The molecule has 16 heavy (non-hydrogen) atoms. The van der Waals surface area contributed by atoms with Crippen LogP contribution in [-0.4, -0.2) is 23.3 Å². The van der Waals surface area contributed by atoms with Crippen molar-refractivity contribution in [2.24, 2.45) is 5.92 Å². The van der Waals surface area contributed by atoms with Gasteiger partial charge in [0.1, 0.15) is 11.5 Å². The highest BCUT2D eigenvalue weighted by molar-refractivity contribution is 6.32. The van der Waals surface area contributed by atoms with Crippen molar-refractivity contribution >= 4 is 17.6 Å². The first kappa shape index (κ1) is 12.6. The fourth-order valence-electron chi connectivity index (χ4n) is 1.32. The summed E-state index contributed by atoms with van der Waals surface area (Å²) in [6.07, 6.45) is 0.206. The Hall–Kier alpha value is -1.42. The van der Waals surface area contributed by atoms with E-state index in [1.807, 2.05) is 0 Å². The number of aliphatic carboxylic acids is 1. The van der Waals surface area contributed by atoms with Crippen molar-refractivity contribution in [1.29, 1.82) is 0 Å². The molecule has 1 unspecified atom stereocenters. The van der Waals surface area contributed by atoms with Crippen LogP contribution in [0.3, 0.4) is 0 Å². The van der Waals surface area contributed by atoms with Crippen LogP contribution in [0.2, 0.25) is 5.02 Å². The summed E-state index contributed by atoms with van der Waals surface area (Å²) < 4.78 is 4.99. The molecule has 1 atom stereocenters. The van der Waals surface area contributed by atoms with Gasteiger partial charge in [0.15, 0.2) is 0 Å². The molecule has 0 saturated carbocycles. The minimum atomic E-state index is -0.918. The summed E-state index contributed by atoms with van der Waals surface area (Å²) >= 11 is 5.78. The van der Waals surface area contributed by atoms with E-state index in [1.54, 1.807) is 13.0 Å². The van der Waals surface area contributed by atoms with Gasteiger partial charge >= 0.3 is 5.97 Å². The van der Waals surface area contributed by atoms with Gasteiger partial charge in [0.05, 0.1) is 18.1 Å². The summed E-state index contributed by atoms with van der Waals surface area (Å²) in [5.74, 6) is -1.10. The van der Waals surface area contributed by atoms with Crippen LogP contribution in [0.15, 0.2) is 12.1 Å². The SMILES string of the molecule is COc1cc(Cl)c(O)c(CC(C)C(=O)O)c1. The Kier molecular flexibility index (Phi) is 4.01. The van der Waals surface area contributed by atoms with Gasteiger partial charge in [-0.25, -0.2) is 0 Å². The first-order valence-electron chi connectivity index (χ1n) is 4.74. The number of rotatable bonds is 4. The Morgan fingerprint density at radius 1 is 1.56 bits per heavy atom. The first-order chi connectivity index (χ1) is 7.45. The van der Waals surface area contributed by atoms with E-state index in [2.05, 4.69) is 0 Å². The fourth-order valence-corrected chi connectivity index (χ4v) is 1.55. The monoisotopic (exact) mass is 244 g/mol.